The van der Waals surface area contributed by atoms with E-state index in [1.165, 1.54) is 0 Å². The van der Waals surface area contributed by atoms with E-state index in [1.54, 1.807) is 17.5 Å². The van der Waals surface area contributed by atoms with Crippen molar-refractivity contribution in [3.8, 4) is 5.75 Å². The number of thiophene rings is 1. The minimum Gasteiger partial charge on any atom is -0.489 e. The highest BCUT2D eigenvalue weighted by Gasteiger charge is 2.08. The molecule has 0 aliphatic rings. The molecule has 2 heterocycles. The zero-order valence-electron chi connectivity index (χ0n) is 12.0. The fourth-order valence-electron chi connectivity index (χ4n) is 2.12. The number of aliphatic hydroxyl groups is 1. The second-order valence-electron chi connectivity index (χ2n) is 4.89. The van der Waals surface area contributed by atoms with Crippen molar-refractivity contribution in [3.63, 3.8) is 0 Å². The number of benzene rings is 1. The lowest BCUT2D eigenvalue weighted by atomic mass is 10.2. The van der Waals surface area contributed by atoms with Crippen LogP contribution in [0.4, 0.5) is 0 Å². The molecule has 1 N–H and O–H groups in total. The molecule has 0 saturated carbocycles. The third-order valence-corrected chi connectivity index (χ3v) is 4.01. The first kappa shape index (κ1) is 15.0. The van der Waals surface area contributed by atoms with Crippen LogP contribution in [0, 0.1) is 0 Å². The summed E-state index contributed by atoms with van der Waals surface area (Å²) < 4.78 is 11.2. The summed E-state index contributed by atoms with van der Waals surface area (Å²) in [5.74, 6) is 0.676. The molecule has 114 valence electrons. The quantitative estimate of drug-likeness (QED) is 0.727. The molecule has 2 aromatic heterocycles. The molecule has 1 unspecified atom stereocenters. The highest BCUT2D eigenvalue weighted by atomic mass is 32.1. The molecule has 4 nitrogen and oxygen atoms in total. The van der Waals surface area contributed by atoms with Crippen molar-refractivity contribution >= 4 is 22.2 Å². The Morgan fingerprint density at radius 2 is 2.00 bits per heavy atom. The molecule has 0 spiro atoms. The summed E-state index contributed by atoms with van der Waals surface area (Å²) in [5, 5.41) is 13.0. The number of hydrogen-bond acceptors (Lipinski definition) is 5. The lowest BCUT2D eigenvalue weighted by Crippen LogP contribution is -2.23. The molecule has 3 aromatic rings. The Hall–Kier alpha value is -1.95. The van der Waals surface area contributed by atoms with Gasteiger partial charge in [-0.1, -0.05) is 24.3 Å². The van der Waals surface area contributed by atoms with Gasteiger partial charge < -0.3 is 14.6 Å². The standard InChI is InChI=1S/C17H17NO3S/c19-14(10-20-12-15-6-3-9-22-15)11-21-16-7-1-4-13-5-2-8-18-17(13)16/h1-9,14,19H,10-12H2. The van der Waals surface area contributed by atoms with Crippen molar-refractivity contribution in [2.75, 3.05) is 13.2 Å². The molecule has 0 fully saturated rings. The molecule has 3 rings (SSSR count). The predicted octanol–water partition coefficient (Wildman–Crippen LogP) is 3.25. The van der Waals surface area contributed by atoms with Gasteiger partial charge in [0, 0.05) is 16.5 Å². The van der Waals surface area contributed by atoms with Crippen molar-refractivity contribution < 1.29 is 14.6 Å². The van der Waals surface area contributed by atoms with Crippen LogP contribution in [0.15, 0.2) is 54.0 Å². The van der Waals surface area contributed by atoms with E-state index in [0.29, 0.717) is 12.4 Å². The van der Waals surface area contributed by atoms with E-state index in [4.69, 9.17) is 9.47 Å². The van der Waals surface area contributed by atoms with E-state index in [0.717, 1.165) is 15.8 Å². The number of aromatic nitrogens is 1. The summed E-state index contributed by atoms with van der Waals surface area (Å²) in [4.78, 5) is 5.46. The number of para-hydroxylation sites is 1. The number of hydrogen-bond donors (Lipinski definition) is 1. The number of aliphatic hydroxyl groups excluding tert-OH is 1. The first-order chi connectivity index (χ1) is 10.8. The van der Waals surface area contributed by atoms with E-state index in [2.05, 4.69) is 4.98 Å². The SMILES string of the molecule is OC(COCc1cccs1)COc1cccc2cccnc12. The summed E-state index contributed by atoms with van der Waals surface area (Å²) in [7, 11) is 0. The fraction of sp³-hybridized carbons (Fsp3) is 0.235. The van der Waals surface area contributed by atoms with Gasteiger partial charge in [0.1, 0.15) is 24.0 Å². The maximum Gasteiger partial charge on any atom is 0.145 e. The Morgan fingerprint density at radius 1 is 1.09 bits per heavy atom. The Balaban J connectivity index is 1.50. The Morgan fingerprint density at radius 3 is 2.86 bits per heavy atom. The van der Waals surface area contributed by atoms with Gasteiger partial charge in [0.25, 0.3) is 0 Å². The smallest absolute Gasteiger partial charge is 0.145 e. The molecule has 0 aliphatic carbocycles. The summed E-state index contributed by atoms with van der Waals surface area (Å²) >= 11 is 1.64. The number of fused-ring (bicyclic) bond motifs is 1. The molecule has 0 aliphatic heterocycles. The van der Waals surface area contributed by atoms with Crippen molar-refractivity contribution in [3.05, 3.63) is 58.9 Å². The Kier molecular flexibility index (Phi) is 5.00. The molecule has 0 radical (unpaired) electrons. The zero-order chi connectivity index (χ0) is 15.2. The average Bonchev–Trinajstić information content (AvgIpc) is 3.06. The molecular formula is C17H17NO3S. The van der Waals surface area contributed by atoms with Crippen LogP contribution in [0.2, 0.25) is 0 Å². The summed E-state index contributed by atoms with van der Waals surface area (Å²) in [5.41, 5.74) is 0.803. The van der Waals surface area contributed by atoms with Crippen molar-refractivity contribution in [2.24, 2.45) is 0 Å². The van der Waals surface area contributed by atoms with Gasteiger partial charge in [0.2, 0.25) is 0 Å². The number of pyridine rings is 1. The molecule has 0 bridgehead atoms. The second kappa shape index (κ2) is 7.35. The van der Waals surface area contributed by atoms with Gasteiger partial charge >= 0.3 is 0 Å². The molecule has 5 heteroatoms. The maximum atomic E-state index is 9.94. The van der Waals surface area contributed by atoms with E-state index >= 15 is 0 Å². The molecule has 0 amide bonds. The van der Waals surface area contributed by atoms with Gasteiger partial charge in [0.05, 0.1) is 13.2 Å². The van der Waals surface area contributed by atoms with E-state index < -0.39 is 6.10 Å². The van der Waals surface area contributed by atoms with Gasteiger partial charge in [-0.05, 0) is 23.6 Å². The predicted molar refractivity (Wildman–Crippen MR) is 87.2 cm³/mol. The molecular weight excluding hydrogens is 298 g/mol. The second-order valence-corrected chi connectivity index (χ2v) is 5.92. The van der Waals surface area contributed by atoms with Crippen LogP contribution < -0.4 is 4.74 Å². The Labute approximate surface area is 133 Å². The van der Waals surface area contributed by atoms with Crippen LogP contribution in [0.25, 0.3) is 10.9 Å². The van der Waals surface area contributed by atoms with Crippen LogP contribution in [0.5, 0.6) is 5.75 Å². The van der Waals surface area contributed by atoms with Crippen LogP contribution >= 0.6 is 11.3 Å². The van der Waals surface area contributed by atoms with Gasteiger partial charge in [-0.25, -0.2) is 0 Å². The van der Waals surface area contributed by atoms with E-state index in [-0.39, 0.29) is 13.2 Å². The minimum atomic E-state index is -0.668. The van der Waals surface area contributed by atoms with Gasteiger partial charge in [-0.2, -0.15) is 0 Å². The number of ether oxygens (including phenoxy) is 2. The molecule has 1 atom stereocenters. The van der Waals surface area contributed by atoms with Crippen LogP contribution in [0.1, 0.15) is 4.88 Å². The van der Waals surface area contributed by atoms with Crippen LogP contribution in [-0.4, -0.2) is 29.4 Å². The van der Waals surface area contributed by atoms with Gasteiger partial charge in [-0.3, -0.25) is 4.98 Å². The zero-order valence-corrected chi connectivity index (χ0v) is 12.8. The normalized spacial score (nSPS) is 12.4. The van der Waals surface area contributed by atoms with Crippen molar-refractivity contribution in [1.82, 2.24) is 4.98 Å². The maximum absolute atomic E-state index is 9.94. The fourth-order valence-corrected chi connectivity index (χ4v) is 2.76. The van der Waals surface area contributed by atoms with Gasteiger partial charge in [-0.15, -0.1) is 11.3 Å². The monoisotopic (exact) mass is 315 g/mol. The first-order valence-electron chi connectivity index (χ1n) is 7.07. The van der Waals surface area contributed by atoms with Crippen molar-refractivity contribution in [1.29, 1.82) is 0 Å². The highest BCUT2D eigenvalue weighted by molar-refractivity contribution is 7.09. The van der Waals surface area contributed by atoms with Crippen LogP contribution in [0.3, 0.4) is 0 Å². The third kappa shape index (κ3) is 3.82. The van der Waals surface area contributed by atoms with E-state index in [9.17, 15) is 5.11 Å². The number of rotatable bonds is 7. The lowest BCUT2D eigenvalue weighted by Gasteiger charge is -2.13. The molecule has 0 saturated heterocycles. The largest absolute Gasteiger partial charge is 0.489 e. The lowest BCUT2D eigenvalue weighted by molar-refractivity contribution is 0.00649. The third-order valence-electron chi connectivity index (χ3n) is 3.16. The topological polar surface area (TPSA) is 51.6 Å². The van der Waals surface area contributed by atoms with Gasteiger partial charge in [0.15, 0.2) is 0 Å². The number of nitrogens with zero attached hydrogens (tertiary/aromatic N) is 1. The van der Waals surface area contributed by atoms with E-state index in [1.807, 2.05) is 47.8 Å². The van der Waals surface area contributed by atoms with Crippen LogP contribution in [-0.2, 0) is 11.3 Å². The highest BCUT2D eigenvalue weighted by Crippen LogP contribution is 2.23. The van der Waals surface area contributed by atoms with Crippen molar-refractivity contribution in [2.45, 2.75) is 12.7 Å². The molecule has 1 aromatic carbocycles. The molecule has 22 heavy (non-hydrogen) atoms. The first-order valence-corrected chi connectivity index (χ1v) is 7.95. The minimum absolute atomic E-state index is 0.181. The summed E-state index contributed by atoms with van der Waals surface area (Å²) in [6.45, 7) is 0.945. The Bertz CT molecular complexity index is 710. The summed E-state index contributed by atoms with van der Waals surface area (Å²) in [6.07, 6.45) is 1.06. The summed E-state index contributed by atoms with van der Waals surface area (Å²) in [6, 6.07) is 13.6. The average molecular weight is 315 g/mol.